The van der Waals surface area contributed by atoms with Crippen molar-refractivity contribution in [2.24, 2.45) is 5.92 Å². The molecule has 0 aromatic heterocycles. The number of hydrogen-bond acceptors (Lipinski definition) is 1. The van der Waals surface area contributed by atoms with E-state index >= 15 is 0 Å². The number of Topliss-reactive ketones (excluding diaryl/α,β-unsaturated/α-hetero) is 1. The van der Waals surface area contributed by atoms with Gasteiger partial charge in [0.25, 0.3) is 0 Å². The lowest BCUT2D eigenvalue weighted by Gasteiger charge is -2.34. The minimum Gasteiger partial charge on any atom is -0.299 e. The van der Waals surface area contributed by atoms with Gasteiger partial charge in [0.1, 0.15) is 11.6 Å². The molecule has 0 amide bonds. The summed E-state index contributed by atoms with van der Waals surface area (Å²) in [5.74, 6) is 0.171. The predicted molar refractivity (Wildman–Crippen MR) is 60.2 cm³/mol. The van der Waals surface area contributed by atoms with Crippen molar-refractivity contribution in [2.45, 2.75) is 25.7 Å². The highest BCUT2D eigenvalue weighted by Crippen LogP contribution is 2.42. The zero-order valence-corrected chi connectivity index (χ0v) is 10.1. The molecular formula is C12H12BrFO. The Hall–Kier alpha value is -0.700. The Morgan fingerprint density at radius 1 is 1.53 bits per heavy atom. The van der Waals surface area contributed by atoms with Crippen LogP contribution in [0.2, 0.25) is 0 Å². The molecule has 0 spiro atoms. The molecule has 1 aliphatic rings. The van der Waals surface area contributed by atoms with Crippen molar-refractivity contribution < 1.29 is 9.18 Å². The van der Waals surface area contributed by atoms with Crippen LogP contribution in [-0.4, -0.2) is 5.78 Å². The fraction of sp³-hybridized carbons (Fsp3) is 0.417. The van der Waals surface area contributed by atoms with Crippen molar-refractivity contribution in [3.05, 3.63) is 34.1 Å². The maximum Gasteiger partial charge on any atom is 0.137 e. The Bertz CT molecular complexity index is 403. The highest BCUT2D eigenvalue weighted by atomic mass is 79.9. The second-order valence-electron chi connectivity index (χ2n) is 3.96. The number of carbonyl (C=O) groups excluding carboxylic acids is 1. The Morgan fingerprint density at radius 2 is 2.27 bits per heavy atom. The summed E-state index contributed by atoms with van der Waals surface area (Å²) < 4.78 is 14.4. The number of rotatable bonds is 2. The van der Waals surface area contributed by atoms with Gasteiger partial charge in [0.2, 0.25) is 0 Å². The van der Waals surface area contributed by atoms with E-state index in [4.69, 9.17) is 0 Å². The van der Waals surface area contributed by atoms with Crippen LogP contribution in [0.5, 0.6) is 0 Å². The standard InChI is InChI=1S/C12H12BrFO/c1-2-8-9(6-12(8)15)10-5-7(13)3-4-11(10)14/h3-5,8-9H,2,6H2,1H3. The molecule has 2 rings (SSSR count). The zero-order chi connectivity index (χ0) is 11.0. The van der Waals surface area contributed by atoms with Gasteiger partial charge >= 0.3 is 0 Å². The van der Waals surface area contributed by atoms with Crippen molar-refractivity contribution in [3.8, 4) is 0 Å². The minimum atomic E-state index is -0.200. The largest absolute Gasteiger partial charge is 0.299 e. The van der Waals surface area contributed by atoms with Crippen LogP contribution in [0.4, 0.5) is 4.39 Å². The molecule has 1 aromatic rings. The fourth-order valence-corrected chi connectivity index (χ4v) is 2.59. The lowest BCUT2D eigenvalue weighted by atomic mass is 9.67. The molecule has 2 unspecified atom stereocenters. The van der Waals surface area contributed by atoms with Crippen LogP contribution in [0.25, 0.3) is 0 Å². The molecule has 0 bridgehead atoms. The molecule has 1 nitrogen and oxygen atoms in total. The molecule has 1 aliphatic carbocycles. The first-order valence-corrected chi connectivity index (χ1v) is 5.90. The second-order valence-corrected chi connectivity index (χ2v) is 4.87. The molecule has 80 valence electrons. The van der Waals surface area contributed by atoms with Crippen LogP contribution in [-0.2, 0) is 4.79 Å². The summed E-state index contributed by atoms with van der Waals surface area (Å²) in [5, 5.41) is 0. The number of benzene rings is 1. The first-order chi connectivity index (χ1) is 7.13. The monoisotopic (exact) mass is 270 g/mol. The smallest absolute Gasteiger partial charge is 0.137 e. The van der Waals surface area contributed by atoms with Crippen molar-refractivity contribution in [1.82, 2.24) is 0 Å². The van der Waals surface area contributed by atoms with E-state index < -0.39 is 0 Å². The molecule has 1 saturated carbocycles. The molecule has 0 aliphatic heterocycles. The van der Waals surface area contributed by atoms with E-state index in [2.05, 4.69) is 15.9 Å². The van der Waals surface area contributed by atoms with Crippen molar-refractivity contribution in [3.63, 3.8) is 0 Å². The first-order valence-electron chi connectivity index (χ1n) is 5.11. The summed E-state index contributed by atoms with van der Waals surface area (Å²) in [6, 6.07) is 4.92. The third kappa shape index (κ3) is 1.85. The van der Waals surface area contributed by atoms with E-state index in [0.717, 1.165) is 10.9 Å². The van der Waals surface area contributed by atoms with E-state index in [1.54, 1.807) is 12.1 Å². The van der Waals surface area contributed by atoms with E-state index in [-0.39, 0.29) is 23.4 Å². The van der Waals surface area contributed by atoms with Crippen molar-refractivity contribution in [2.75, 3.05) is 0 Å². The predicted octanol–water partition coefficient (Wildman–Crippen LogP) is 3.67. The highest BCUT2D eigenvalue weighted by Gasteiger charge is 2.40. The quantitative estimate of drug-likeness (QED) is 0.802. The van der Waals surface area contributed by atoms with E-state index in [9.17, 15) is 9.18 Å². The van der Waals surface area contributed by atoms with Crippen LogP contribution in [0, 0.1) is 11.7 Å². The molecule has 0 radical (unpaired) electrons. The fourth-order valence-electron chi connectivity index (χ4n) is 2.21. The van der Waals surface area contributed by atoms with Gasteiger partial charge in [-0.1, -0.05) is 22.9 Å². The summed E-state index contributed by atoms with van der Waals surface area (Å²) in [7, 11) is 0. The molecule has 15 heavy (non-hydrogen) atoms. The number of ketones is 1. The van der Waals surface area contributed by atoms with Gasteiger partial charge in [-0.15, -0.1) is 0 Å². The van der Waals surface area contributed by atoms with Crippen LogP contribution in [0.1, 0.15) is 31.2 Å². The third-order valence-corrected chi connectivity index (χ3v) is 3.61. The topological polar surface area (TPSA) is 17.1 Å². The van der Waals surface area contributed by atoms with Crippen LogP contribution >= 0.6 is 15.9 Å². The van der Waals surface area contributed by atoms with Gasteiger partial charge in [-0.3, -0.25) is 4.79 Å². The highest BCUT2D eigenvalue weighted by molar-refractivity contribution is 9.10. The Kier molecular flexibility index (Phi) is 2.91. The van der Waals surface area contributed by atoms with Crippen LogP contribution in [0.3, 0.4) is 0 Å². The summed E-state index contributed by atoms with van der Waals surface area (Å²) >= 11 is 3.32. The number of halogens is 2. The van der Waals surface area contributed by atoms with E-state index in [1.165, 1.54) is 6.07 Å². The molecule has 0 heterocycles. The van der Waals surface area contributed by atoms with Crippen LogP contribution in [0.15, 0.2) is 22.7 Å². The van der Waals surface area contributed by atoms with Gasteiger partial charge in [0, 0.05) is 22.7 Å². The lowest BCUT2D eigenvalue weighted by Crippen LogP contribution is -2.35. The van der Waals surface area contributed by atoms with Gasteiger partial charge in [0.05, 0.1) is 0 Å². The minimum absolute atomic E-state index is 0.0220. The second kappa shape index (κ2) is 4.05. The van der Waals surface area contributed by atoms with Crippen molar-refractivity contribution in [1.29, 1.82) is 0 Å². The van der Waals surface area contributed by atoms with Crippen LogP contribution < -0.4 is 0 Å². The third-order valence-electron chi connectivity index (χ3n) is 3.12. The Labute approximate surface area is 96.8 Å². The van der Waals surface area contributed by atoms with Gasteiger partial charge in [-0.05, 0) is 30.2 Å². The first kappa shape index (κ1) is 10.8. The number of hydrogen-bond donors (Lipinski definition) is 0. The molecule has 0 saturated heterocycles. The lowest BCUT2D eigenvalue weighted by molar-refractivity contribution is -0.131. The maximum absolute atomic E-state index is 13.5. The molecule has 0 N–H and O–H groups in total. The molecule has 2 atom stereocenters. The van der Waals surface area contributed by atoms with Gasteiger partial charge in [0.15, 0.2) is 0 Å². The average molecular weight is 271 g/mol. The SMILES string of the molecule is CCC1C(=O)CC1c1cc(Br)ccc1F. The Morgan fingerprint density at radius 3 is 2.87 bits per heavy atom. The normalized spacial score (nSPS) is 25.1. The summed E-state index contributed by atoms with van der Waals surface area (Å²) in [5.41, 5.74) is 0.677. The summed E-state index contributed by atoms with van der Waals surface area (Å²) in [4.78, 5) is 11.3. The van der Waals surface area contributed by atoms with Crippen molar-refractivity contribution >= 4 is 21.7 Å². The average Bonchev–Trinajstić information content (AvgIpc) is 2.19. The van der Waals surface area contributed by atoms with Gasteiger partial charge in [-0.25, -0.2) is 4.39 Å². The molecule has 1 aromatic carbocycles. The summed E-state index contributed by atoms with van der Waals surface area (Å²) in [6.45, 7) is 1.98. The van der Waals surface area contributed by atoms with E-state index in [1.807, 2.05) is 6.92 Å². The van der Waals surface area contributed by atoms with E-state index in [0.29, 0.717) is 12.0 Å². The van der Waals surface area contributed by atoms with Gasteiger partial charge < -0.3 is 0 Å². The molecule has 1 fully saturated rings. The Balaban J connectivity index is 2.30. The summed E-state index contributed by atoms with van der Waals surface area (Å²) in [6.07, 6.45) is 1.29. The molecule has 3 heteroatoms. The maximum atomic E-state index is 13.5. The van der Waals surface area contributed by atoms with Gasteiger partial charge in [-0.2, -0.15) is 0 Å². The molecular weight excluding hydrogens is 259 g/mol. The number of carbonyl (C=O) groups is 1. The zero-order valence-electron chi connectivity index (χ0n) is 8.47.